The molecule has 0 atom stereocenters. The highest BCUT2D eigenvalue weighted by molar-refractivity contribution is 7.80. The Balaban J connectivity index is 2.50. The van der Waals surface area contributed by atoms with Gasteiger partial charge in [-0.15, -0.1) is 0 Å². The molecule has 88 valence electrons. The van der Waals surface area contributed by atoms with Crippen LogP contribution in [-0.2, 0) is 7.05 Å². The van der Waals surface area contributed by atoms with Crippen LogP contribution >= 0.6 is 12.2 Å². The van der Waals surface area contributed by atoms with Crippen LogP contribution in [0.25, 0.3) is 10.9 Å². The van der Waals surface area contributed by atoms with Crippen molar-refractivity contribution in [3.8, 4) is 0 Å². The average Bonchev–Trinajstić information content (AvgIpc) is 2.54. The van der Waals surface area contributed by atoms with E-state index in [4.69, 9.17) is 18.0 Å². The van der Waals surface area contributed by atoms with E-state index in [0.717, 1.165) is 11.3 Å². The first-order chi connectivity index (χ1) is 8.11. The molecule has 5 heteroatoms. The molecule has 4 nitrogen and oxygen atoms in total. The Morgan fingerprint density at radius 1 is 1.47 bits per heavy atom. The number of hydrazone groups is 1. The molecule has 2 rings (SSSR count). The number of aromatic nitrogens is 1. The summed E-state index contributed by atoms with van der Waals surface area (Å²) in [4.78, 5) is 0. The van der Waals surface area contributed by atoms with Gasteiger partial charge in [0, 0.05) is 29.2 Å². The Morgan fingerprint density at radius 2 is 2.18 bits per heavy atom. The second-order valence-electron chi connectivity index (χ2n) is 3.81. The van der Waals surface area contributed by atoms with Crippen molar-refractivity contribution in [1.29, 1.82) is 0 Å². The van der Waals surface area contributed by atoms with Crippen LogP contribution in [0, 0.1) is 6.92 Å². The molecule has 17 heavy (non-hydrogen) atoms. The molecule has 1 aromatic carbocycles. The molecule has 2 aromatic rings. The van der Waals surface area contributed by atoms with Crippen molar-refractivity contribution in [1.82, 2.24) is 9.99 Å². The number of fused-ring (bicyclic) bond motifs is 1. The minimum atomic E-state index is 0.166. The zero-order valence-corrected chi connectivity index (χ0v) is 10.6. The van der Waals surface area contributed by atoms with E-state index >= 15 is 0 Å². The second kappa shape index (κ2) is 4.55. The maximum atomic E-state index is 5.31. The first-order valence-electron chi connectivity index (χ1n) is 5.24. The molecule has 0 saturated heterocycles. The van der Waals surface area contributed by atoms with E-state index in [1.807, 2.05) is 19.2 Å². The fourth-order valence-electron chi connectivity index (χ4n) is 1.87. The minimum absolute atomic E-state index is 0.166. The molecule has 0 amide bonds. The molecule has 0 radical (unpaired) electrons. The van der Waals surface area contributed by atoms with E-state index in [2.05, 4.69) is 34.2 Å². The van der Waals surface area contributed by atoms with Gasteiger partial charge in [0.15, 0.2) is 5.11 Å². The zero-order valence-electron chi connectivity index (χ0n) is 9.77. The van der Waals surface area contributed by atoms with Gasteiger partial charge in [-0.3, -0.25) is 5.43 Å². The van der Waals surface area contributed by atoms with Crippen LogP contribution in [0.1, 0.15) is 11.3 Å². The summed E-state index contributed by atoms with van der Waals surface area (Å²) >= 11 is 4.69. The molecule has 0 aliphatic rings. The molecule has 0 unspecified atom stereocenters. The van der Waals surface area contributed by atoms with Crippen LogP contribution in [0.5, 0.6) is 0 Å². The van der Waals surface area contributed by atoms with Gasteiger partial charge in [-0.1, -0.05) is 18.2 Å². The summed E-state index contributed by atoms with van der Waals surface area (Å²) < 4.78 is 2.14. The lowest BCUT2D eigenvalue weighted by atomic mass is 10.1. The number of para-hydroxylation sites is 1. The molecule has 1 aromatic heterocycles. The Morgan fingerprint density at radius 3 is 2.88 bits per heavy atom. The highest BCUT2D eigenvalue weighted by Gasteiger charge is 2.08. The monoisotopic (exact) mass is 246 g/mol. The summed E-state index contributed by atoms with van der Waals surface area (Å²) in [5, 5.41) is 5.34. The van der Waals surface area contributed by atoms with Crippen molar-refractivity contribution in [3.05, 3.63) is 35.5 Å². The minimum Gasteiger partial charge on any atom is -0.375 e. The largest absolute Gasteiger partial charge is 0.375 e. The van der Waals surface area contributed by atoms with E-state index in [1.165, 1.54) is 10.9 Å². The normalized spacial score (nSPS) is 11.2. The van der Waals surface area contributed by atoms with Crippen molar-refractivity contribution in [2.75, 3.05) is 0 Å². The fourth-order valence-corrected chi connectivity index (χ4v) is 1.93. The highest BCUT2D eigenvalue weighted by atomic mass is 32.1. The summed E-state index contributed by atoms with van der Waals surface area (Å²) in [7, 11) is 2.04. The molecule has 0 fully saturated rings. The van der Waals surface area contributed by atoms with Crippen molar-refractivity contribution in [2.45, 2.75) is 6.92 Å². The van der Waals surface area contributed by atoms with E-state index in [9.17, 15) is 0 Å². The van der Waals surface area contributed by atoms with Crippen LogP contribution in [-0.4, -0.2) is 15.9 Å². The molecule has 1 heterocycles. The summed E-state index contributed by atoms with van der Waals surface area (Å²) in [5.41, 5.74) is 11.3. The number of hydrogen-bond donors (Lipinski definition) is 2. The highest BCUT2D eigenvalue weighted by Crippen LogP contribution is 2.22. The maximum Gasteiger partial charge on any atom is 0.184 e. The molecular formula is C12H14N4S. The topological polar surface area (TPSA) is 55.3 Å². The van der Waals surface area contributed by atoms with Gasteiger partial charge < -0.3 is 10.3 Å². The predicted octanol–water partition coefficient (Wildman–Crippen LogP) is 1.65. The van der Waals surface area contributed by atoms with Crippen molar-refractivity contribution >= 4 is 34.4 Å². The van der Waals surface area contributed by atoms with Crippen LogP contribution < -0.4 is 11.2 Å². The van der Waals surface area contributed by atoms with E-state index in [1.54, 1.807) is 6.21 Å². The Labute approximate surface area is 105 Å². The first-order valence-corrected chi connectivity index (χ1v) is 5.64. The quantitative estimate of drug-likeness (QED) is 0.481. The standard InChI is InChI=1S/C12H14N4S/c1-8-10(7-14-15-12(13)17)9-5-3-4-6-11(9)16(8)2/h3-7H,1-2H3,(H3,13,15,17)/b14-7+. The third-order valence-corrected chi connectivity index (χ3v) is 2.91. The van der Waals surface area contributed by atoms with Gasteiger partial charge >= 0.3 is 0 Å². The van der Waals surface area contributed by atoms with E-state index in [0.29, 0.717) is 0 Å². The summed E-state index contributed by atoms with van der Waals surface area (Å²) in [6, 6.07) is 8.20. The second-order valence-corrected chi connectivity index (χ2v) is 4.25. The Hall–Kier alpha value is -1.88. The van der Waals surface area contributed by atoms with Crippen LogP contribution in [0.4, 0.5) is 0 Å². The SMILES string of the molecule is Cc1c(/C=N/NC(N)=S)c2ccccc2n1C. The first kappa shape index (κ1) is 11.6. The molecule has 0 spiro atoms. The lowest BCUT2D eigenvalue weighted by Crippen LogP contribution is -2.24. The molecule has 0 saturated carbocycles. The third kappa shape index (κ3) is 2.14. The van der Waals surface area contributed by atoms with Crippen molar-refractivity contribution < 1.29 is 0 Å². The smallest absolute Gasteiger partial charge is 0.184 e. The lowest BCUT2D eigenvalue weighted by molar-refractivity contribution is 0.916. The van der Waals surface area contributed by atoms with Crippen LogP contribution in [0.15, 0.2) is 29.4 Å². The summed E-state index contributed by atoms with van der Waals surface area (Å²) in [5.74, 6) is 0. The lowest BCUT2D eigenvalue weighted by Gasteiger charge is -1.97. The van der Waals surface area contributed by atoms with Gasteiger partial charge in [0.2, 0.25) is 0 Å². The van der Waals surface area contributed by atoms with Crippen LogP contribution in [0.2, 0.25) is 0 Å². The maximum absolute atomic E-state index is 5.31. The number of benzene rings is 1. The Bertz CT molecular complexity index is 598. The number of nitrogens with two attached hydrogens (primary N) is 1. The Kier molecular flexibility index (Phi) is 3.10. The average molecular weight is 246 g/mol. The number of nitrogens with zero attached hydrogens (tertiary/aromatic N) is 2. The number of thiocarbonyl (C=S) groups is 1. The van der Waals surface area contributed by atoms with Gasteiger partial charge in [-0.05, 0) is 25.2 Å². The zero-order chi connectivity index (χ0) is 12.4. The fraction of sp³-hybridized carbons (Fsp3) is 0.167. The van der Waals surface area contributed by atoms with E-state index in [-0.39, 0.29) is 5.11 Å². The predicted molar refractivity (Wildman–Crippen MR) is 75.2 cm³/mol. The van der Waals surface area contributed by atoms with Gasteiger partial charge in [0.1, 0.15) is 0 Å². The number of nitrogens with one attached hydrogen (secondary N) is 1. The summed E-state index contributed by atoms with van der Waals surface area (Å²) in [6.45, 7) is 2.06. The third-order valence-electron chi connectivity index (χ3n) is 2.82. The van der Waals surface area contributed by atoms with Crippen molar-refractivity contribution in [2.24, 2.45) is 17.9 Å². The molecule has 0 aliphatic heterocycles. The molecule has 0 aliphatic carbocycles. The summed E-state index contributed by atoms with van der Waals surface area (Å²) in [6.07, 6.45) is 1.75. The van der Waals surface area contributed by atoms with Gasteiger partial charge in [0.25, 0.3) is 0 Å². The van der Waals surface area contributed by atoms with Crippen LogP contribution in [0.3, 0.4) is 0 Å². The van der Waals surface area contributed by atoms with Crippen molar-refractivity contribution in [3.63, 3.8) is 0 Å². The molecular weight excluding hydrogens is 232 g/mol. The number of rotatable bonds is 2. The molecule has 0 bridgehead atoms. The van der Waals surface area contributed by atoms with Gasteiger partial charge in [-0.25, -0.2) is 0 Å². The van der Waals surface area contributed by atoms with Gasteiger partial charge in [0.05, 0.1) is 6.21 Å². The van der Waals surface area contributed by atoms with Gasteiger partial charge in [-0.2, -0.15) is 5.10 Å². The number of hydrogen-bond acceptors (Lipinski definition) is 2. The number of aryl methyl sites for hydroxylation is 1. The van der Waals surface area contributed by atoms with E-state index < -0.39 is 0 Å². The molecule has 3 N–H and O–H groups in total.